The molecule has 0 amide bonds. The molecule has 0 aliphatic heterocycles. The van der Waals surface area contributed by atoms with E-state index in [9.17, 15) is 4.79 Å². The van der Waals surface area contributed by atoms with Gasteiger partial charge in [0.2, 0.25) is 0 Å². The number of rotatable bonds is 2. The van der Waals surface area contributed by atoms with Gasteiger partial charge in [0.15, 0.2) is 0 Å². The topological polar surface area (TPSA) is 39.4 Å². The van der Waals surface area contributed by atoms with Crippen LogP contribution >= 0.6 is 0 Å². The molecule has 0 bridgehead atoms. The van der Waals surface area contributed by atoms with Gasteiger partial charge in [0.25, 0.3) is 0 Å². The molecule has 59 valence electrons. The molecule has 0 atom stereocenters. The average molecular weight is 153 g/mol. The van der Waals surface area contributed by atoms with E-state index in [1.807, 2.05) is 0 Å². The Labute approximate surface area is 65.0 Å². The predicted octanol–water partition coefficient (Wildman–Crippen LogP) is 1.52. The monoisotopic (exact) mass is 153 g/mol. The van der Waals surface area contributed by atoms with Gasteiger partial charge in [-0.1, -0.05) is 0 Å². The first kappa shape index (κ1) is 7.85. The van der Waals surface area contributed by atoms with Gasteiger partial charge in [-0.15, -0.1) is 0 Å². The maximum absolute atomic E-state index is 10.3. The molecule has 0 unspecified atom stereocenters. The van der Waals surface area contributed by atoms with E-state index in [0.29, 0.717) is 11.5 Å². The molecule has 0 aliphatic carbocycles. The second kappa shape index (κ2) is 3.23. The summed E-state index contributed by atoms with van der Waals surface area (Å²) in [5, 5.41) is 0. The highest BCUT2D eigenvalue weighted by molar-refractivity contribution is 5.65. The van der Waals surface area contributed by atoms with Crippen LogP contribution in [0.1, 0.15) is 18.4 Å². The Balaban J connectivity index is 2.45. The fourth-order valence-electron chi connectivity index (χ4n) is 0.673. The number of hydrogen-bond donors (Lipinski definition) is 0. The summed E-state index contributed by atoms with van der Waals surface area (Å²) in [6.45, 7) is 5.10. The molecule has 1 heterocycles. The maximum atomic E-state index is 10.3. The van der Waals surface area contributed by atoms with Crippen LogP contribution in [0.3, 0.4) is 0 Å². The molecule has 3 nitrogen and oxygen atoms in total. The van der Waals surface area contributed by atoms with Crippen molar-refractivity contribution in [1.29, 1.82) is 0 Å². The van der Waals surface area contributed by atoms with Gasteiger partial charge < -0.3 is 9.15 Å². The van der Waals surface area contributed by atoms with Crippen molar-refractivity contribution in [2.24, 2.45) is 0 Å². The number of hydrogen-bond acceptors (Lipinski definition) is 3. The van der Waals surface area contributed by atoms with Gasteiger partial charge in [-0.2, -0.15) is 0 Å². The fraction of sp³-hybridized carbons (Fsp3) is 0.250. The zero-order valence-corrected chi connectivity index (χ0v) is 6.29. The molecule has 0 aliphatic rings. The third kappa shape index (κ3) is 2.45. The SMILES string of the molecule is [CH2]c1ccc(COC(C)=O)o1. The van der Waals surface area contributed by atoms with Crippen LogP contribution in [0.2, 0.25) is 0 Å². The number of furan rings is 1. The summed E-state index contributed by atoms with van der Waals surface area (Å²) in [7, 11) is 0. The van der Waals surface area contributed by atoms with Crippen molar-refractivity contribution in [1.82, 2.24) is 0 Å². The summed E-state index contributed by atoms with van der Waals surface area (Å²) in [4.78, 5) is 10.3. The Morgan fingerprint density at radius 3 is 2.91 bits per heavy atom. The first-order chi connectivity index (χ1) is 5.18. The Hall–Kier alpha value is -1.25. The number of ether oxygens (including phenoxy) is 1. The molecule has 0 spiro atoms. The van der Waals surface area contributed by atoms with Crippen LogP contribution in [0, 0.1) is 6.92 Å². The largest absolute Gasteiger partial charge is 0.462 e. The van der Waals surface area contributed by atoms with E-state index in [1.165, 1.54) is 6.92 Å². The molecule has 0 aromatic carbocycles. The standard InChI is InChI=1S/C8H9O3/c1-6-3-4-8(11-6)5-10-7(2)9/h3-4H,1,5H2,2H3. The van der Waals surface area contributed by atoms with Gasteiger partial charge in [0.05, 0.1) is 0 Å². The molecule has 11 heavy (non-hydrogen) atoms. The molecule has 1 aromatic heterocycles. The van der Waals surface area contributed by atoms with Gasteiger partial charge >= 0.3 is 5.97 Å². The minimum absolute atomic E-state index is 0.185. The first-order valence-electron chi connectivity index (χ1n) is 3.22. The quantitative estimate of drug-likeness (QED) is 0.605. The predicted molar refractivity (Wildman–Crippen MR) is 38.6 cm³/mol. The van der Waals surface area contributed by atoms with Crippen LogP contribution in [-0.2, 0) is 16.1 Å². The molecule has 1 rings (SSSR count). The summed E-state index contributed by atoms with van der Waals surface area (Å²) in [6, 6.07) is 3.45. The van der Waals surface area contributed by atoms with Gasteiger partial charge in [-0.3, -0.25) is 4.79 Å². The van der Waals surface area contributed by atoms with E-state index >= 15 is 0 Å². The number of esters is 1. The van der Waals surface area contributed by atoms with Crippen molar-refractivity contribution in [3.05, 3.63) is 30.6 Å². The summed E-state index contributed by atoms with van der Waals surface area (Å²) >= 11 is 0. The van der Waals surface area contributed by atoms with Crippen LogP contribution in [0.4, 0.5) is 0 Å². The molecule has 0 N–H and O–H groups in total. The Morgan fingerprint density at radius 1 is 1.73 bits per heavy atom. The summed E-state index contributed by atoms with van der Waals surface area (Å²) < 4.78 is 9.73. The smallest absolute Gasteiger partial charge is 0.303 e. The lowest BCUT2D eigenvalue weighted by Gasteiger charge is -1.96. The van der Waals surface area contributed by atoms with Crippen LogP contribution < -0.4 is 0 Å². The lowest BCUT2D eigenvalue weighted by atomic mass is 10.4. The third-order valence-corrected chi connectivity index (χ3v) is 1.13. The lowest BCUT2D eigenvalue weighted by molar-refractivity contribution is -0.142. The number of carbonyl (C=O) groups is 1. The zero-order chi connectivity index (χ0) is 8.27. The van der Waals surface area contributed by atoms with Gasteiger partial charge in [0.1, 0.15) is 18.1 Å². The lowest BCUT2D eigenvalue weighted by Crippen LogP contribution is -1.97. The second-order valence-corrected chi connectivity index (χ2v) is 2.15. The van der Waals surface area contributed by atoms with Crippen LogP contribution in [0.5, 0.6) is 0 Å². The van der Waals surface area contributed by atoms with Crippen molar-refractivity contribution < 1.29 is 13.9 Å². The third-order valence-electron chi connectivity index (χ3n) is 1.13. The van der Waals surface area contributed by atoms with Crippen LogP contribution in [-0.4, -0.2) is 5.97 Å². The van der Waals surface area contributed by atoms with Crippen molar-refractivity contribution in [3.8, 4) is 0 Å². The molecule has 1 radical (unpaired) electrons. The van der Waals surface area contributed by atoms with E-state index in [1.54, 1.807) is 12.1 Å². The summed E-state index contributed by atoms with van der Waals surface area (Å²) in [6.07, 6.45) is 0. The van der Waals surface area contributed by atoms with E-state index < -0.39 is 0 Å². The Bertz CT molecular complexity index is 250. The van der Waals surface area contributed by atoms with Gasteiger partial charge in [-0.05, 0) is 12.1 Å². The Kier molecular flexibility index (Phi) is 2.31. The molecule has 0 saturated carbocycles. The van der Waals surface area contributed by atoms with Crippen LogP contribution in [0.25, 0.3) is 0 Å². The minimum atomic E-state index is -0.313. The van der Waals surface area contributed by atoms with Crippen LogP contribution in [0.15, 0.2) is 16.5 Å². The zero-order valence-electron chi connectivity index (χ0n) is 6.29. The Morgan fingerprint density at radius 2 is 2.45 bits per heavy atom. The normalized spacial score (nSPS) is 9.64. The van der Waals surface area contributed by atoms with Gasteiger partial charge in [-0.25, -0.2) is 0 Å². The molecular weight excluding hydrogens is 144 g/mol. The first-order valence-corrected chi connectivity index (χ1v) is 3.22. The van der Waals surface area contributed by atoms with Gasteiger partial charge in [0, 0.05) is 13.8 Å². The highest BCUT2D eigenvalue weighted by Gasteiger charge is 1.99. The summed E-state index contributed by atoms with van der Waals surface area (Å²) in [5.74, 6) is 0.879. The van der Waals surface area contributed by atoms with Crippen molar-refractivity contribution >= 4 is 5.97 Å². The number of carbonyl (C=O) groups excluding carboxylic acids is 1. The average Bonchev–Trinajstić information content (AvgIpc) is 2.31. The van der Waals surface area contributed by atoms with E-state index in [4.69, 9.17) is 4.42 Å². The van der Waals surface area contributed by atoms with E-state index in [-0.39, 0.29) is 12.6 Å². The minimum Gasteiger partial charge on any atom is -0.462 e. The van der Waals surface area contributed by atoms with E-state index in [0.717, 1.165) is 0 Å². The molecular formula is C8H9O3. The molecule has 0 fully saturated rings. The highest BCUT2D eigenvalue weighted by Crippen LogP contribution is 2.06. The molecule has 0 saturated heterocycles. The van der Waals surface area contributed by atoms with Crippen molar-refractivity contribution in [3.63, 3.8) is 0 Å². The molecule has 3 heteroatoms. The fourth-order valence-corrected chi connectivity index (χ4v) is 0.673. The highest BCUT2D eigenvalue weighted by atomic mass is 16.5. The van der Waals surface area contributed by atoms with Crippen molar-refractivity contribution in [2.75, 3.05) is 0 Å². The molecule has 1 aromatic rings. The van der Waals surface area contributed by atoms with E-state index in [2.05, 4.69) is 11.7 Å². The van der Waals surface area contributed by atoms with Crippen molar-refractivity contribution in [2.45, 2.75) is 13.5 Å². The second-order valence-electron chi connectivity index (χ2n) is 2.15. The summed E-state index contributed by atoms with van der Waals surface area (Å²) in [5.41, 5.74) is 0. The maximum Gasteiger partial charge on any atom is 0.303 e.